The topological polar surface area (TPSA) is 53.1 Å². The van der Waals surface area contributed by atoms with Crippen LogP contribution in [0, 0.1) is 0 Å². The average Bonchev–Trinajstić information content (AvgIpc) is 2.85. The third-order valence-electron chi connectivity index (χ3n) is 3.81. The minimum atomic E-state index is -0.126. The smallest absolute Gasteiger partial charge is 0.0641 e. The number of ether oxygens (including phenoxy) is 1. The molecular weight excluding hydrogens is 250 g/mol. The highest BCUT2D eigenvalue weighted by Gasteiger charge is 2.17. The van der Waals surface area contributed by atoms with Crippen molar-refractivity contribution in [3.63, 3.8) is 0 Å². The zero-order chi connectivity index (χ0) is 14.6. The van der Waals surface area contributed by atoms with Gasteiger partial charge in [-0.2, -0.15) is 5.10 Å². The molecule has 0 radical (unpaired) electrons. The summed E-state index contributed by atoms with van der Waals surface area (Å²) >= 11 is 0. The molecule has 4 nitrogen and oxygen atoms in total. The summed E-state index contributed by atoms with van der Waals surface area (Å²) in [5.41, 5.74) is 7.08. The molecule has 1 atom stereocenters. The van der Waals surface area contributed by atoms with Gasteiger partial charge >= 0.3 is 0 Å². The van der Waals surface area contributed by atoms with Gasteiger partial charge in [-0.25, -0.2) is 0 Å². The second-order valence-electron chi connectivity index (χ2n) is 6.97. The van der Waals surface area contributed by atoms with Crippen molar-refractivity contribution in [3.05, 3.63) is 18.0 Å². The lowest BCUT2D eigenvalue weighted by Crippen LogP contribution is -2.33. The summed E-state index contributed by atoms with van der Waals surface area (Å²) in [5.74, 6) is 0. The summed E-state index contributed by atoms with van der Waals surface area (Å²) in [4.78, 5) is 0. The fourth-order valence-corrected chi connectivity index (χ4v) is 2.72. The second-order valence-corrected chi connectivity index (χ2v) is 6.97. The predicted molar refractivity (Wildman–Crippen MR) is 81.7 cm³/mol. The van der Waals surface area contributed by atoms with Gasteiger partial charge in [0.05, 0.1) is 23.9 Å². The first-order valence-corrected chi connectivity index (χ1v) is 7.87. The Morgan fingerprint density at radius 3 is 2.70 bits per heavy atom. The Balaban J connectivity index is 1.82. The predicted octanol–water partition coefficient (Wildman–Crippen LogP) is 3.07. The van der Waals surface area contributed by atoms with Crippen LogP contribution in [-0.4, -0.2) is 28.0 Å². The molecule has 0 aromatic carbocycles. The minimum Gasteiger partial charge on any atom is -0.374 e. The normalized spacial score (nSPS) is 19.2. The Hall–Kier alpha value is -0.870. The number of aromatic nitrogens is 2. The first-order valence-electron chi connectivity index (χ1n) is 7.87. The SMILES string of the molecule is CC(C)(C)OCC(N)Cc1ccn(C2CCCCC2)n1. The largest absolute Gasteiger partial charge is 0.374 e. The standard InChI is InChI=1S/C16H29N3O/c1-16(2,3)20-12-13(17)11-14-9-10-19(18-14)15-7-5-4-6-8-15/h9-10,13,15H,4-8,11-12,17H2,1-3H3. The Bertz CT molecular complexity index is 402. The molecule has 1 saturated carbocycles. The van der Waals surface area contributed by atoms with Crippen molar-refractivity contribution < 1.29 is 4.74 Å². The molecule has 20 heavy (non-hydrogen) atoms. The maximum atomic E-state index is 6.13. The van der Waals surface area contributed by atoms with E-state index in [1.807, 2.05) is 0 Å². The van der Waals surface area contributed by atoms with Crippen LogP contribution in [0.1, 0.15) is 64.6 Å². The van der Waals surface area contributed by atoms with E-state index in [4.69, 9.17) is 15.6 Å². The molecule has 1 fully saturated rings. The van der Waals surface area contributed by atoms with Crippen molar-refractivity contribution in [1.29, 1.82) is 0 Å². The van der Waals surface area contributed by atoms with E-state index >= 15 is 0 Å². The molecule has 1 aromatic rings. The highest BCUT2D eigenvalue weighted by molar-refractivity contribution is 5.02. The van der Waals surface area contributed by atoms with Gasteiger partial charge in [-0.05, 0) is 39.7 Å². The molecule has 2 N–H and O–H groups in total. The molecule has 0 saturated heterocycles. The van der Waals surface area contributed by atoms with E-state index in [2.05, 4.69) is 37.7 Å². The Labute approximate surface area is 122 Å². The summed E-state index contributed by atoms with van der Waals surface area (Å²) in [7, 11) is 0. The van der Waals surface area contributed by atoms with E-state index < -0.39 is 0 Å². The number of nitrogens with zero attached hydrogens (tertiary/aromatic N) is 2. The van der Waals surface area contributed by atoms with Crippen molar-refractivity contribution in [2.75, 3.05) is 6.61 Å². The molecule has 0 spiro atoms. The molecule has 1 aliphatic rings. The van der Waals surface area contributed by atoms with Crippen LogP contribution in [0.3, 0.4) is 0 Å². The van der Waals surface area contributed by atoms with Crippen LogP contribution >= 0.6 is 0 Å². The summed E-state index contributed by atoms with van der Waals surface area (Å²) in [6, 6.07) is 2.72. The highest BCUT2D eigenvalue weighted by Crippen LogP contribution is 2.27. The number of hydrogen-bond acceptors (Lipinski definition) is 3. The third-order valence-corrected chi connectivity index (χ3v) is 3.81. The molecule has 0 bridgehead atoms. The van der Waals surface area contributed by atoms with E-state index in [-0.39, 0.29) is 11.6 Å². The summed E-state index contributed by atoms with van der Waals surface area (Å²) < 4.78 is 7.87. The molecule has 0 aliphatic heterocycles. The highest BCUT2D eigenvalue weighted by atomic mass is 16.5. The molecular formula is C16H29N3O. The van der Waals surface area contributed by atoms with Crippen LogP contribution in [0.15, 0.2) is 12.3 Å². The van der Waals surface area contributed by atoms with Gasteiger partial charge in [-0.15, -0.1) is 0 Å². The average molecular weight is 279 g/mol. The van der Waals surface area contributed by atoms with Gasteiger partial charge < -0.3 is 10.5 Å². The molecule has 4 heteroatoms. The van der Waals surface area contributed by atoms with E-state index in [1.54, 1.807) is 0 Å². The third kappa shape index (κ3) is 4.91. The van der Waals surface area contributed by atoms with Crippen LogP contribution in [0.2, 0.25) is 0 Å². The lowest BCUT2D eigenvalue weighted by atomic mass is 9.96. The molecule has 114 valence electrons. The number of hydrogen-bond donors (Lipinski definition) is 1. The van der Waals surface area contributed by atoms with Crippen LogP contribution in [0.25, 0.3) is 0 Å². The van der Waals surface area contributed by atoms with Crippen molar-refractivity contribution in [2.45, 2.75) is 77.0 Å². The fraction of sp³-hybridized carbons (Fsp3) is 0.812. The minimum absolute atomic E-state index is 0.0175. The van der Waals surface area contributed by atoms with E-state index in [9.17, 15) is 0 Å². The van der Waals surface area contributed by atoms with E-state index in [1.165, 1.54) is 32.1 Å². The van der Waals surface area contributed by atoms with Crippen LogP contribution in [0.4, 0.5) is 0 Å². The molecule has 1 unspecified atom stereocenters. The molecule has 1 aromatic heterocycles. The Morgan fingerprint density at radius 2 is 2.05 bits per heavy atom. The van der Waals surface area contributed by atoms with Crippen LogP contribution in [0.5, 0.6) is 0 Å². The zero-order valence-corrected chi connectivity index (χ0v) is 13.1. The Kier molecular flexibility index (Phi) is 5.22. The first kappa shape index (κ1) is 15.5. The van der Waals surface area contributed by atoms with E-state index in [0.29, 0.717) is 12.6 Å². The van der Waals surface area contributed by atoms with Crippen molar-refractivity contribution in [1.82, 2.24) is 9.78 Å². The van der Waals surface area contributed by atoms with Crippen molar-refractivity contribution >= 4 is 0 Å². The summed E-state index contributed by atoms with van der Waals surface area (Å²) in [6.45, 7) is 6.74. The van der Waals surface area contributed by atoms with Gasteiger partial charge in [-0.1, -0.05) is 19.3 Å². The van der Waals surface area contributed by atoms with Crippen LogP contribution in [-0.2, 0) is 11.2 Å². The quantitative estimate of drug-likeness (QED) is 0.901. The first-order chi connectivity index (χ1) is 9.44. The van der Waals surface area contributed by atoms with Gasteiger partial charge in [0.2, 0.25) is 0 Å². The molecule has 0 amide bonds. The van der Waals surface area contributed by atoms with Crippen molar-refractivity contribution in [2.24, 2.45) is 5.73 Å². The monoisotopic (exact) mass is 279 g/mol. The van der Waals surface area contributed by atoms with Crippen molar-refractivity contribution in [3.8, 4) is 0 Å². The maximum Gasteiger partial charge on any atom is 0.0641 e. The fourth-order valence-electron chi connectivity index (χ4n) is 2.72. The second kappa shape index (κ2) is 6.72. The number of nitrogens with two attached hydrogens (primary N) is 1. The van der Waals surface area contributed by atoms with Gasteiger partial charge in [0.1, 0.15) is 0 Å². The molecule has 2 rings (SSSR count). The Morgan fingerprint density at radius 1 is 1.35 bits per heavy atom. The van der Waals surface area contributed by atoms with Crippen LogP contribution < -0.4 is 5.73 Å². The zero-order valence-electron chi connectivity index (χ0n) is 13.1. The summed E-state index contributed by atoms with van der Waals surface area (Å²) in [5, 5.41) is 4.70. The molecule has 1 aliphatic carbocycles. The van der Waals surface area contributed by atoms with Gasteiger partial charge in [-0.3, -0.25) is 4.68 Å². The van der Waals surface area contributed by atoms with Gasteiger partial charge in [0, 0.05) is 18.7 Å². The summed E-state index contributed by atoms with van der Waals surface area (Å²) in [6.07, 6.45) is 9.47. The molecule has 1 heterocycles. The lowest BCUT2D eigenvalue weighted by Gasteiger charge is -2.22. The lowest BCUT2D eigenvalue weighted by molar-refractivity contribution is -0.00994. The maximum absolute atomic E-state index is 6.13. The van der Waals surface area contributed by atoms with Gasteiger partial charge in [0.25, 0.3) is 0 Å². The van der Waals surface area contributed by atoms with E-state index in [0.717, 1.165) is 12.1 Å². The van der Waals surface area contributed by atoms with Gasteiger partial charge in [0.15, 0.2) is 0 Å². The number of rotatable bonds is 5.